The summed E-state index contributed by atoms with van der Waals surface area (Å²) in [5, 5.41) is 2.94. The number of hydrogen-bond donors (Lipinski definition) is 1. The second-order valence-corrected chi connectivity index (χ2v) is 7.27. The van der Waals surface area contributed by atoms with Gasteiger partial charge in [0.15, 0.2) is 0 Å². The monoisotopic (exact) mass is 391 g/mol. The van der Waals surface area contributed by atoms with Gasteiger partial charge in [0.05, 0.1) is 12.7 Å². The highest BCUT2D eigenvalue weighted by molar-refractivity contribution is 6.00. The molecule has 1 saturated carbocycles. The molecule has 1 aliphatic rings. The van der Waals surface area contributed by atoms with Crippen LogP contribution in [-0.2, 0) is 14.3 Å². The third-order valence-corrected chi connectivity index (χ3v) is 5.04. The Labute approximate surface area is 167 Å². The Kier molecular flexibility index (Phi) is 8.30. The van der Waals surface area contributed by atoms with E-state index in [0.717, 1.165) is 38.5 Å². The van der Waals surface area contributed by atoms with Gasteiger partial charge < -0.3 is 19.5 Å². The molecule has 0 bridgehead atoms. The van der Waals surface area contributed by atoms with Gasteiger partial charge in [-0.2, -0.15) is 0 Å². The molecule has 0 radical (unpaired) electrons. The largest absolute Gasteiger partial charge is 0.490 e. The maximum Gasteiger partial charge on any atom is 0.341 e. The standard InChI is InChI=1S/C22H33NO5/c1-5-14-27-22(12-8-9-13-22)21(25)23-17-10-11-19(28-16(4)6-2)18(15-17)20(24)26-7-3/h10-11,15-16H,5-9,12-14H2,1-4H3,(H,23,25)/t16-/m1/s1. The Bertz CT molecular complexity index is 667. The van der Waals surface area contributed by atoms with E-state index in [-0.39, 0.29) is 18.6 Å². The minimum atomic E-state index is -0.772. The molecule has 6 heteroatoms. The van der Waals surface area contributed by atoms with Crippen LogP contribution in [0.5, 0.6) is 5.75 Å². The first-order valence-electron chi connectivity index (χ1n) is 10.4. The maximum absolute atomic E-state index is 13.0. The molecule has 1 amide bonds. The third kappa shape index (κ3) is 5.47. The Morgan fingerprint density at radius 3 is 2.50 bits per heavy atom. The Balaban J connectivity index is 2.23. The molecule has 2 rings (SSSR count). The predicted molar refractivity (Wildman–Crippen MR) is 109 cm³/mol. The lowest BCUT2D eigenvalue weighted by atomic mass is 10.0. The summed E-state index contributed by atoms with van der Waals surface area (Å²) in [6.45, 7) is 8.57. The molecule has 0 aromatic heterocycles. The molecule has 1 aromatic rings. The Morgan fingerprint density at radius 1 is 1.18 bits per heavy atom. The summed E-state index contributed by atoms with van der Waals surface area (Å²) in [5.74, 6) is -0.151. The highest BCUT2D eigenvalue weighted by Crippen LogP contribution is 2.35. The van der Waals surface area contributed by atoms with Gasteiger partial charge in [0.25, 0.3) is 5.91 Å². The van der Waals surface area contributed by atoms with Gasteiger partial charge in [-0.15, -0.1) is 0 Å². The molecule has 0 heterocycles. The van der Waals surface area contributed by atoms with E-state index in [1.807, 2.05) is 20.8 Å². The van der Waals surface area contributed by atoms with Crippen molar-refractivity contribution < 1.29 is 23.8 Å². The molecule has 0 unspecified atom stereocenters. The van der Waals surface area contributed by atoms with Gasteiger partial charge in [0.2, 0.25) is 0 Å². The molecular formula is C22H33NO5. The van der Waals surface area contributed by atoms with Crippen molar-refractivity contribution in [3.8, 4) is 5.75 Å². The van der Waals surface area contributed by atoms with Gasteiger partial charge in [-0.3, -0.25) is 4.79 Å². The van der Waals surface area contributed by atoms with Gasteiger partial charge in [-0.1, -0.05) is 13.8 Å². The highest BCUT2D eigenvalue weighted by Gasteiger charge is 2.42. The topological polar surface area (TPSA) is 73.9 Å². The van der Waals surface area contributed by atoms with Crippen molar-refractivity contribution in [2.24, 2.45) is 0 Å². The van der Waals surface area contributed by atoms with Gasteiger partial charge in [0, 0.05) is 12.3 Å². The van der Waals surface area contributed by atoms with Crippen molar-refractivity contribution in [3.63, 3.8) is 0 Å². The molecule has 0 aliphatic heterocycles. The van der Waals surface area contributed by atoms with Gasteiger partial charge in [0.1, 0.15) is 16.9 Å². The molecule has 6 nitrogen and oxygen atoms in total. The Morgan fingerprint density at radius 2 is 1.89 bits per heavy atom. The summed E-state index contributed by atoms with van der Waals surface area (Å²) >= 11 is 0. The quantitative estimate of drug-likeness (QED) is 0.584. The fraction of sp³-hybridized carbons (Fsp3) is 0.636. The maximum atomic E-state index is 13.0. The first kappa shape index (κ1) is 22.2. The van der Waals surface area contributed by atoms with Crippen molar-refractivity contribution in [2.75, 3.05) is 18.5 Å². The number of amides is 1. The lowest BCUT2D eigenvalue weighted by Crippen LogP contribution is -2.43. The van der Waals surface area contributed by atoms with Crippen molar-refractivity contribution in [1.82, 2.24) is 0 Å². The highest BCUT2D eigenvalue weighted by atomic mass is 16.5. The molecule has 1 aliphatic carbocycles. The van der Waals surface area contributed by atoms with Crippen LogP contribution in [0, 0.1) is 0 Å². The smallest absolute Gasteiger partial charge is 0.341 e. The number of rotatable bonds is 10. The number of hydrogen-bond acceptors (Lipinski definition) is 5. The van der Waals surface area contributed by atoms with E-state index in [0.29, 0.717) is 23.6 Å². The summed E-state index contributed by atoms with van der Waals surface area (Å²) in [5.41, 5.74) is 0.0808. The van der Waals surface area contributed by atoms with E-state index in [4.69, 9.17) is 14.2 Å². The number of nitrogens with one attached hydrogen (secondary N) is 1. The summed E-state index contributed by atoms with van der Waals surface area (Å²) in [4.78, 5) is 25.4. The van der Waals surface area contributed by atoms with Crippen LogP contribution in [0.3, 0.4) is 0 Å². The first-order chi connectivity index (χ1) is 13.5. The van der Waals surface area contributed by atoms with Crippen LogP contribution in [0.15, 0.2) is 18.2 Å². The number of benzene rings is 1. The molecular weight excluding hydrogens is 358 g/mol. The zero-order valence-corrected chi connectivity index (χ0v) is 17.5. The fourth-order valence-corrected chi connectivity index (χ4v) is 3.30. The van der Waals surface area contributed by atoms with E-state index < -0.39 is 11.6 Å². The molecule has 1 N–H and O–H groups in total. The van der Waals surface area contributed by atoms with Crippen LogP contribution in [0.1, 0.15) is 76.6 Å². The van der Waals surface area contributed by atoms with E-state index in [1.165, 1.54) is 0 Å². The van der Waals surface area contributed by atoms with Crippen LogP contribution in [-0.4, -0.2) is 36.8 Å². The zero-order valence-electron chi connectivity index (χ0n) is 17.5. The van der Waals surface area contributed by atoms with Crippen molar-refractivity contribution in [1.29, 1.82) is 0 Å². The van der Waals surface area contributed by atoms with Crippen molar-refractivity contribution in [3.05, 3.63) is 23.8 Å². The Hall–Kier alpha value is -2.08. The predicted octanol–water partition coefficient (Wildman–Crippen LogP) is 4.72. The van der Waals surface area contributed by atoms with Gasteiger partial charge in [-0.25, -0.2) is 4.79 Å². The lowest BCUT2D eigenvalue weighted by molar-refractivity contribution is -0.140. The van der Waals surface area contributed by atoms with Crippen LogP contribution in [0.2, 0.25) is 0 Å². The number of carbonyl (C=O) groups is 2. The fourth-order valence-electron chi connectivity index (χ4n) is 3.30. The third-order valence-electron chi connectivity index (χ3n) is 5.04. The molecule has 156 valence electrons. The number of esters is 1. The summed E-state index contributed by atoms with van der Waals surface area (Å²) in [6, 6.07) is 5.08. The summed E-state index contributed by atoms with van der Waals surface area (Å²) in [7, 11) is 0. The number of ether oxygens (including phenoxy) is 3. The second-order valence-electron chi connectivity index (χ2n) is 7.27. The molecule has 1 fully saturated rings. The van der Waals surface area contributed by atoms with Crippen LogP contribution in [0.25, 0.3) is 0 Å². The lowest BCUT2D eigenvalue weighted by Gasteiger charge is -2.28. The first-order valence-corrected chi connectivity index (χ1v) is 10.4. The zero-order chi connectivity index (χ0) is 20.6. The SMILES string of the molecule is CCCOC1(C(=O)Nc2ccc(O[C@H](C)CC)c(C(=O)OCC)c2)CCCC1. The van der Waals surface area contributed by atoms with Crippen molar-refractivity contribution >= 4 is 17.6 Å². The molecule has 1 atom stereocenters. The van der Waals surface area contributed by atoms with E-state index in [1.54, 1.807) is 25.1 Å². The minimum absolute atomic E-state index is 0.0298. The molecule has 0 saturated heterocycles. The minimum Gasteiger partial charge on any atom is -0.490 e. The molecule has 0 spiro atoms. The van der Waals surface area contributed by atoms with E-state index in [9.17, 15) is 9.59 Å². The van der Waals surface area contributed by atoms with E-state index in [2.05, 4.69) is 5.32 Å². The average Bonchev–Trinajstić information content (AvgIpc) is 3.17. The van der Waals surface area contributed by atoms with Crippen molar-refractivity contribution in [2.45, 2.75) is 77.9 Å². The summed E-state index contributed by atoms with van der Waals surface area (Å²) in [6.07, 6.45) is 5.05. The van der Waals surface area contributed by atoms with Gasteiger partial charge >= 0.3 is 5.97 Å². The second kappa shape index (κ2) is 10.5. The van der Waals surface area contributed by atoms with E-state index >= 15 is 0 Å². The van der Waals surface area contributed by atoms with Crippen LogP contribution in [0.4, 0.5) is 5.69 Å². The van der Waals surface area contributed by atoms with Crippen LogP contribution < -0.4 is 10.1 Å². The number of carbonyl (C=O) groups excluding carboxylic acids is 2. The molecule has 28 heavy (non-hydrogen) atoms. The number of anilines is 1. The molecule has 1 aromatic carbocycles. The normalized spacial score (nSPS) is 16.4. The van der Waals surface area contributed by atoms with Gasteiger partial charge in [-0.05, 0) is 70.6 Å². The summed E-state index contributed by atoms with van der Waals surface area (Å²) < 4.78 is 17.0. The van der Waals surface area contributed by atoms with Crippen LogP contribution >= 0.6 is 0 Å². The average molecular weight is 392 g/mol.